The molecule has 2 fully saturated rings. The van der Waals surface area contributed by atoms with E-state index in [1.807, 2.05) is 0 Å². The van der Waals surface area contributed by atoms with Gasteiger partial charge in [-0.15, -0.1) is 0 Å². The largest absolute Gasteiger partial charge is 0.460 e. The molecule has 1 saturated heterocycles. The fraction of sp³-hybridized carbons (Fsp3) is 0.714. The van der Waals surface area contributed by atoms with Gasteiger partial charge in [0.05, 0.1) is 0 Å². The minimum atomic E-state index is -1.49. The molecule has 0 aromatic heterocycles. The van der Waals surface area contributed by atoms with Gasteiger partial charge in [0.2, 0.25) is 0 Å². The second-order valence-electron chi connectivity index (χ2n) is 3.18. The number of carbonyl (C=O) groups excluding carboxylic acids is 2. The minimum absolute atomic E-state index is 0.0671. The molecule has 0 amide bonds. The molecule has 0 aromatic rings. The first-order valence-corrected chi connectivity index (χ1v) is 3.55. The summed E-state index contributed by atoms with van der Waals surface area (Å²) in [5.41, 5.74) is -1.49. The average Bonchev–Trinajstić information content (AvgIpc) is 2.02. The molecular formula is C7H8O4. The molecule has 2 aliphatic rings. The van der Waals surface area contributed by atoms with Crippen molar-refractivity contribution in [3.8, 4) is 0 Å². The molecular weight excluding hydrogens is 148 g/mol. The van der Waals surface area contributed by atoms with Crippen molar-refractivity contribution in [3.05, 3.63) is 0 Å². The van der Waals surface area contributed by atoms with Crippen LogP contribution in [-0.2, 0) is 14.3 Å². The highest BCUT2D eigenvalue weighted by Crippen LogP contribution is 2.35. The lowest BCUT2D eigenvalue weighted by Gasteiger charge is -2.19. The maximum atomic E-state index is 10.9. The van der Waals surface area contributed by atoms with Gasteiger partial charge in [-0.2, -0.15) is 0 Å². The van der Waals surface area contributed by atoms with E-state index in [0.717, 1.165) is 0 Å². The third kappa shape index (κ3) is 0.860. The Morgan fingerprint density at radius 2 is 2.27 bits per heavy atom. The molecule has 0 spiro atoms. The van der Waals surface area contributed by atoms with Crippen molar-refractivity contribution in [2.45, 2.75) is 31.0 Å². The Morgan fingerprint density at radius 3 is 2.91 bits per heavy atom. The first-order valence-electron chi connectivity index (χ1n) is 3.55. The van der Waals surface area contributed by atoms with Crippen LogP contribution in [0.4, 0.5) is 0 Å². The number of ether oxygens (including phenoxy) is 1. The van der Waals surface area contributed by atoms with E-state index in [1.54, 1.807) is 0 Å². The van der Waals surface area contributed by atoms with Crippen LogP contribution in [0, 0.1) is 0 Å². The number of ketones is 1. The van der Waals surface area contributed by atoms with Crippen LogP contribution in [-0.4, -0.2) is 28.6 Å². The predicted molar refractivity (Wildman–Crippen MR) is 33.7 cm³/mol. The molecule has 11 heavy (non-hydrogen) atoms. The number of rotatable bonds is 0. The Morgan fingerprint density at radius 1 is 1.55 bits per heavy atom. The fourth-order valence-electron chi connectivity index (χ4n) is 1.67. The van der Waals surface area contributed by atoms with Gasteiger partial charge in [-0.1, -0.05) is 0 Å². The number of aliphatic hydroxyl groups is 1. The Labute approximate surface area is 63.1 Å². The van der Waals surface area contributed by atoms with E-state index in [4.69, 9.17) is 4.74 Å². The second kappa shape index (κ2) is 1.82. The number of fused-ring (bicyclic) bond motifs is 2. The van der Waals surface area contributed by atoms with Crippen LogP contribution >= 0.6 is 0 Å². The second-order valence-corrected chi connectivity index (χ2v) is 3.18. The van der Waals surface area contributed by atoms with Gasteiger partial charge in [-0.05, 0) is 0 Å². The molecule has 4 nitrogen and oxygen atoms in total. The molecule has 60 valence electrons. The Balaban J connectivity index is 2.31. The van der Waals surface area contributed by atoms with Crippen molar-refractivity contribution in [2.24, 2.45) is 0 Å². The van der Waals surface area contributed by atoms with Crippen molar-refractivity contribution in [2.75, 3.05) is 0 Å². The summed E-state index contributed by atoms with van der Waals surface area (Å²) < 4.78 is 4.75. The van der Waals surface area contributed by atoms with Crippen LogP contribution in [0.1, 0.15) is 19.3 Å². The van der Waals surface area contributed by atoms with Crippen LogP contribution in [0.3, 0.4) is 0 Å². The number of esters is 1. The Bertz CT molecular complexity index is 235. The zero-order valence-corrected chi connectivity index (χ0v) is 5.87. The summed E-state index contributed by atoms with van der Waals surface area (Å²) in [6, 6.07) is 0. The molecule has 2 atom stereocenters. The van der Waals surface area contributed by atoms with Crippen LogP contribution in [0.15, 0.2) is 0 Å². The van der Waals surface area contributed by atoms with Gasteiger partial charge < -0.3 is 9.84 Å². The highest BCUT2D eigenvalue weighted by Gasteiger charge is 2.52. The third-order valence-corrected chi connectivity index (χ3v) is 2.16. The van der Waals surface area contributed by atoms with Crippen LogP contribution in [0.25, 0.3) is 0 Å². The van der Waals surface area contributed by atoms with E-state index in [0.29, 0.717) is 0 Å². The van der Waals surface area contributed by atoms with Crippen LogP contribution in [0.5, 0.6) is 0 Å². The smallest absolute Gasteiger partial charge is 0.339 e. The van der Waals surface area contributed by atoms with Gasteiger partial charge in [0.25, 0.3) is 0 Å². The molecule has 4 heteroatoms. The topological polar surface area (TPSA) is 63.6 Å². The quantitative estimate of drug-likeness (QED) is 0.475. The molecule has 1 aliphatic heterocycles. The van der Waals surface area contributed by atoms with E-state index < -0.39 is 11.6 Å². The summed E-state index contributed by atoms with van der Waals surface area (Å²) in [6.45, 7) is 0. The lowest BCUT2D eigenvalue weighted by molar-refractivity contribution is -0.154. The maximum Gasteiger partial charge on any atom is 0.339 e. The SMILES string of the molecule is O=C1C[C@H]2C[C@@](O)(C1)C(=O)O2. The molecule has 1 aliphatic carbocycles. The van der Waals surface area contributed by atoms with E-state index in [9.17, 15) is 14.7 Å². The molecule has 0 unspecified atom stereocenters. The number of hydrogen-bond acceptors (Lipinski definition) is 4. The first kappa shape index (κ1) is 6.79. The average molecular weight is 156 g/mol. The van der Waals surface area contributed by atoms with Gasteiger partial charge in [0.1, 0.15) is 11.9 Å². The maximum absolute atomic E-state index is 10.9. The van der Waals surface area contributed by atoms with Crippen LogP contribution < -0.4 is 0 Å². The van der Waals surface area contributed by atoms with Gasteiger partial charge in [0.15, 0.2) is 5.60 Å². The highest BCUT2D eigenvalue weighted by molar-refractivity contribution is 5.93. The third-order valence-electron chi connectivity index (χ3n) is 2.16. The lowest BCUT2D eigenvalue weighted by atomic mass is 9.85. The summed E-state index contributed by atoms with van der Waals surface area (Å²) in [5, 5.41) is 9.47. The summed E-state index contributed by atoms with van der Waals surface area (Å²) in [7, 11) is 0. The molecule has 2 rings (SSSR count). The minimum Gasteiger partial charge on any atom is -0.460 e. The lowest BCUT2D eigenvalue weighted by Crippen LogP contribution is -2.39. The van der Waals surface area contributed by atoms with Crippen LogP contribution in [0.2, 0.25) is 0 Å². The fourth-order valence-corrected chi connectivity index (χ4v) is 1.67. The van der Waals surface area contributed by atoms with Crippen molar-refractivity contribution in [1.82, 2.24) is 0 Å². The molecule has 1 saturated carbocycles. The van der Waals surface area contributed by atoms with E-state index in [2.05, 4.69) is 0 Å². The predicted octanol–water partition coefficient (Wildman–Crippen LogP) is -0.604. The van der Waals surface area contributed by atoms with Gasteiger partial charge in [0, 0.05) is 19.3 Å². The molecule has 1 N–H and O–H groups in total. The van der Waals surface area contributed by atoms with Crippen molar-refractivity contribution >= 4 is 11.8 Å². The van der Waals surface area contributed by atoms with Crippen molar-refractivity contribution in [3.63, 3.8) is 0 Å². The molecule has 0 radical (unpaired) electrons. The number of Topliss-reactive ketones (excluding diaryl/α,β-unsaturated/α-hetero) is 1. The van der Waals surface area contributed by atoms with Gasteiger partial charge in [-0.25, -0.2) is 4.79 Å². The van der Waals surface area contributed by atoms with Crippen molar-refractivity contribution < 1.29 is 19.4 Å². The summed E-state index contributed by atoms with van der Waals surface area (Å²) >= 11 is 0. The van der Waals surface area contributed by atoms with Gasteiger partial charge in [-0.3, -0.25) is 4.79 Å². The standard InChI is InChI=1S/C7H8O4/c8-4-1-5-3-7(10,2-4)6(9)11-5/h5,10H,1-3H2/t5-,7-/m0/s1. The van der Waals surface area contributed by atoms with E-state index in [1.165, 1.54) is 0 Å². The zero-order valence-electron chi connectivity index (χ0n) is 5.87. The Kier molecular flexibility index (Phi) is 1.12. The number of hydrogen-bond donors (Lipinski definition) is 1. The monoisotopic (exact) mass is 156 g/mol. The first-order chi connectivity index (χ1) is 5.10. The summed E-state index contributed by atoms with van der Waals surface area (Å²) in [6.07, 6.45) is 0.127. The normalized spacial score (nSPS) is 42.5. The molecule has 2 bridgehead atoms. The zero-order chi connectivity index (χ0) is 8.06. The van der Waals surface area contributed by atoms with Gasteiger partial charge >= 0.3 is 5.97 Å². The number of carbonyl (C=O) groups is 2. The van der Waals surface area contributed by atoms with E-state index in [-0.39, 0.29) is 31.1 Å². The highest BCUT2D eigenvalue weighted by atomic mass is 16.6. The molecule has 0 aromatic carbocycles. The Hall–Kier alpha value is -0.900. The van der Waals surface area contributed by atoms with E-state index >= 15 is 0 Å². The van der Waals surface area contributed by atoms with Crippen molar-refractivity contribution in [1.29, 1.82) is 0 Å². The summed E-state index contributed by atoms with van der Waals surface area (Å²) in [4.78, 5) is 21.8. The summed E-state index contributed by atoms with van der Waals surface area (Å²) in [5.74, 6) is -0.719. The molecule has 1 heterocycles.